The lowest BCUT2D eigenvalue weighted by Gasteiger charge is -2.08. The second-order valence-corrected chi connectivity index (χ2v) is 5.31. The number of unbranched alkanes of at least 4 members (excludes halogenated alkanes) is 3. The van der Waals surface area contributed by atoms with Gasteiger partial charge >= 0.3 is 6.18 Å². The highest BCUT2D eigenvalue weighted by Crippen LogP contribution is 2.22. The Balaban J connectivity index is 0.00000484. The molecular weight excluding hydrogens is 329 g/mol. The fraction of sp³-hybridized carbons (Fsp3) is 0.562. The van der Waals surface area contributed by atoms with Crippen LogP contribution in [0.25, 0.3) is 0 Å². The zero-order valence-corrected chi connectivity index (χ0v) is 13.8. The van der Waals surface area contributed by atoms with Crippen LogP contribution < -0.4 is 11.1 Å². The van der Waals surface area contributed by atoms with Gasteiger partial charge in [0.05, 0.1) is 0 Å². The monoisotopic (exact) mass is 352 g/mol. The number of alkyl halides is 3. The largest absolute Gasteiger partial charge is 0.389 e. The summed E-state index contributed by atoms with van der Waals surface area (Å²) < 4.78 is 36.4. The molecule has 1 rings (SSSR count). The van der Waals surface area contributed by atoms with Crippen molar-refractivity contribution in [3.05, 3.63) is 29.8 Å². The van der Waals surface area contributed by atoms with E-state index >= 15 is 0 Å². The van der Waals surface area contributed by atoms with E-state index in [9.17, 15) is 18.0 Å². The first-order chi connectivity index (χ1) is 10.4. The van der Waals surface area contributed by atoms with E-state index in [2.05, 4.69) is 5.32 Å². The van der Waals surface area contributed by atoms with Gasteiger partial charge < -0.3 is 11.1 Å². The molecule has 0 aliphatic carbocycles. The topological polar surface area (TPSA) is 55.1 Å². The normalized spacial score (nSPS) is 11.0. The summed E-state index contributed by atoms with van der Waals surface area (Å²) in [7, 11) is 0. The second kappa shape index (κ2) is 11.3. The van der Waals surface area contributed by atoms with Crippen molar-refractivity contribution in [2.45, 2.75) is 51.1 Å². The third kappa shape index (κ3) is 11.0. The molecule has 0 unspecified atom stereocenters. The van der Waals surface area contributed by atoms with Gasteiger partial charge in [0.2, 0.25) is 5.91 Å². The summed E-state index contributed by atoms with van der Waals surface area (Å²) >= 11 is 0. The number of nitrogens with one attached hydrogen (secondary N) is 1. The molecule has 1 aromatic rings. The molecule has 132 valence electrons. The molecule has 0 radical (unpaired) electrons. The predicted octanol–water partition coefficient (Wildman–Crippen LogP) is 4.45. The van der Waals surface area contributed by atoms with E-state index < -0.39 is 12.6 Å². The summed E-state index contributed by atoms with van der Waals surface area (Å²) in [6, 6.07) is 6.50. The van der Waals surface area contributed by atoms with E-state index in [0.29, 0.717) is 24.2 Å². The van der Waals surface area contributed by atoms with Gasteiger partial charge in [0.25, 0.3) is 0 Å². The maximum absolute atomic E-state index is 12.1. The maximum Gasteiger partial charge on any atom is 0.389 e. The first-order valence-corrected chi connectivity index (χ1v) is 7.56. The highest BCUT2D eigenvalue weighted by Gasteiger charge is 2.26. The zero-order valence-electron chi connectivity index (χ0n) is 13.0. The van der Waals surface area contributed by atoms with E-state index in [1.807, 2.05) is 0 Å². The molecule has 3 N–H and O–H groups in total. The Morgan fingerprint density at radius 2 is 1.65 bits per heavy atom. The molecule has 0 spiro atoms. The number of halogens is 4. The number of hydrogen-bond acceptors (Lipinski definition) is 2. The summed E-state index contributed by atoms with van der Waals surface area (Å²) in [5, 5.41) is 2.75. The molecule has 0 saturated carbocycles. The van der Waals surface area contributed by atoms with Gasteiger partial charge in [0.15, 0.2) is 0 Å². The van der Waals surface area contributed by atoms with Gasteiger partial charge in [-0.2, -0.15) is 13.2 Å². The van der Waals surface area contributed by atoms with Gasteiger partial charge in [-0.1, -0.05) is 25.0 Å². The Labute approximate surface area is 141 Å². The second-order valence-electron chi connectivity index (χ2n) is 5.31. The number of carbonyl (C=O) groups is 1. The number of aryl methyl sites for hydroxylation is 1. The molecule has 0 bridgehead atoms. The number of amides is 1. The number of rotatable bonds is 9. The van der Waals surface area contributed by atoms with Crippen molar-refractivity contribution in [2.24, 2.45) is 5.73 Å². The van der Waals surface area contributed by atoms with E-state index in [1.165, 1.54) is 0 Å². The van der Waals surface area contributed by atoms with Gasteiger partial charge in [-0.3, -0.25) is 4.79 Å². The van der Waals surface area contributed by atoms with Gasteiger partial charge in [-0.05, 0) is 43.5 Å². The van der Waals surface area contributed by atoms with Crippen LogP contribution in [0.15, 0.2) is 24.3 Å². The number of hydrogen-bond donors (Lipinski definition) is 2. The Bertz CT molecular complexity index is 450. The van der Waals surface area contributed by atoms with E-state index in [1.54, 1.807) is 24.3 Å². The Morgan fingerprint density at radius 1 is 1.04 bits per heavy atom. The smallest absolute Gasteiger partial charge is 0.330 e. The molecule has 0 saturated heterocycles. The first kappa shape index (κ1) is 21.7. The number of nitrogens with two attached hydrogens (primary N) is 1. The average molecular weight is 353 g/mol. The van der Waals surface area contributed by atoms with Crippen LogP contribution in [0, 0.1) is 0 Å². The van der Waals surface area contributed by atoms with E-state index in [-0.39, 0.29) is 24.7 Å². The molecule has 0 atom stereocenters. The summed E-state index contributed by atoms with van der Waals surface area (Å²) in [4.78, 5) is 11.7. The molecule has 0 aliphatic heterocycles. The summed E-state index contributed by atoms with van der Waals surface area (Å²) in [5.41, 5.74) is 6.61. The lowest BCUT2D eigenvalue weighted by molar-refractivity contribution is -0.134. The van der Waals surface area contributed by atoms with Crippen LogP contribution in [0.5, 0.6) is 0 Å². The molecule has 7 heteroatoms. The third-order valence-corrected chi connectivity index (χ3v) is 3.29. The number of benzene rings is 1. The minimum atomic E-state index is -4.14. The molecular formula is C16H24ClF3N2O. The molecule has 23 heavy (non-hydrogen) atoms. The van der Waals surface area contributed by atoms with Gasteiger partial charge in [-0.15, -0.1) is 12.4 Å². The SMILES string of the molecule is Cl.NCCCCCCC(=O)Nc1ccc(CCC(F)(F)F)cc1. The van der Waals surface area contributed by atoms with Crippen LogP contribution in [-0.4, -0.2) is 18.6 Å². The van der Waals surface area contributed by atoms with Crippen LogP contribution in [0.3, 0.4) is 0 Å². The third-order valence-electron chi connectivity index (χ3n) is 3.29. The maximum atomic E-state index is 12.1. The fourth-order valence-electron chi connectivity index (χ4n) is 2.05. The number of anilines is 1. The highest BCUT2D eigenvalue weighted by molar-refractivity contribution is 5.90. The number of carbonyl (C=O) groups excluding carboxylic acids is 1. The average Bonchev–Trinajstić information content (AvgIpc) is 2.45. The van der Waals surface area contributed by atoms with Crippen molar-refractivity contribution in [3.63, 3.8) is 0 Å². The van der Waals surface area contributed by atoms with Crippen LogP contribution in [0.4, 0.5) is 18.9 Å². The quantitative estimate of drug-likeness (QED) is 0.645. The lowest BCUT2D eigenvalue weighted by Crippen LogP contribution is -2.11. The van der Waals surface area contributed by atoms with Crippen molar-refractivity contribution >= 4 is 24.0 Å². The van der Waals surface area contributed by atoms with Crippen LogP contribution in [0.1, 0.15) is 44.1 Å². The first-order valence-electron chi connectivity index (χ1n) is 7.56. The van der Waals surface area contributed by atoms with Crippen molar-refractivity contribution in [1.82, 2.24) is 0 Å². The standard InChI is InChI=1S/C16H23F3N2O.ClH/c17-16(18,19)11-10-13-6-8-14(9-7-13)21-15(22)5-3-1-2-4-12-20;/h6-9H,1-5,10-12,20H2,(H,21,22);1H. The molecule has 0 aromatic heterocycles. The van der Waals surface area contributed by atoms with Crippen LogP contribution >= 0.6 is 12.4 Å². The van der Waals surface area contributed by atoms with Crippen LogP contribution in [0.2, 0.25) is 0 Å². The van der Waals surface area contributed by atoms with Gasteiger partial charge in [0.1, 0.15) is 0 Å². The highest BCUT2D eigenvalue weighted by atomic mass is 35.5. The van der Waals surface area contributed by atoms with E-state index in [0.717, 1.165) is 25.7 Å². The van der Waals surface area contributed by atoms with Crippen LogP contribution in [-0.2, 0) is 11.2 Å². The molecule has 1 amide bonds. The van der Waals surface area contributed by atoms with Crippen molar-refractivity contribution < 1.29 is 18.0 Å². The molecule has 0 fully saturated rings. The Morgan fingerprint density at radius 3 is 2.22 bits per heavy atom. The van der Waals surface area contributed by atoms with Crippen molar-refractivity contribution in [2.75, 3.05) is 11.9 Å². The molecule has 0 aliphatic rings. The predicted molar refractivity (Wildman–Crippen MR) is 88.8 cm³/mol. The van der Waals surface area contributed by atoms with Crippen molar-refractivity contribution in [3.8, 4) is 0 Å². The fourth-order valence-corrected chi connectivity index (χ4v) is 2.05. The summed E-state index contributed by atoms with van der Waals surface area (Å²) in [6.07, 6.45) is -0.785. The van der Waals surface area contributed by atoms with E-state index in [4.69, 9.17) is 5.73 Å². The minimum Gasteiger partial charge on any atom is -0.330 e. The summed E-state index contributed by atoms with van der Waals surface area (Å²) in [6.45, 7) is 0.673. The molecule has 0 heterocycles. The lowest BCUT2D eigenvalue weighted by atomic mass is 10.1. The zero-order chi connectivity index (χ0) is 16.4. The molecule has 1 aromatic carbocycles. The minimum absolute atomic E-state index is 0. The Hall–Kier alpha value is -1.27. The summed E-state index contributed by atoms with van der Waals surface area (Å²) in [5.74, 6) is -0.0733. The molecule has 3 nitrogen and oxygen atoms in total. The van der Waals surface area contributed by atoms with Gasteiger partial charge in [-0.25, -0.2) is 0 Å². The Kier molecular flexibility index (Phi) is 10.7. The van der Waals surface area contributed by atoms with Crippen molar-refractivity contribution in [1.29, 1.82) is 0 Å². The van der Waals surface area contributed by atoms with Gasteiger partial charge in [0, 0.05) is 18.5 Å².